The monoisotopic (exact) mass is 330 g/mol. The van der Waals surface area contributed by atoms with E-state index in [4.69, 9.17) is 0 Å². The molecule has 0 unspecified atom stereocenters. The fourth-order valence-corrected chi connectivity index (χ4v) is 2.97. The third-order valence-corrected chi connectivity index (χ3v) is 4.13. The molecule has 4 nitrogen and oxygen atoms in total. The van der Waals surface area contributed by atoms with Gasteiger partial charge in [-0.15, -0.1) is 0 Å². The number of hydrogen-bond acceptors (Lipinski definition) is 2. The van der Waals surface area contributed by atoms with Crippen LogP contribution in [0.1, 0.15) is 12.8 Å². The summed E-state index contributed by atoms with van der Waals surface area (Å²) >= 11 is 3.22. The highest BCUT2D eigenvalue weighted by atomic mass is 79.9. The lowest BCUT2D eigenvalue weighted by atomic mass is 10.2. The van der Waals surface area contributed by atoms with Crippen LogP contribution in [0.5, 0.6) is 0 Å². The van der Waals surface area contributed by atoms with Crippen molar-refractivity contribution in [1.29, 1.82) is 0 Å². The average Bonchev–Trinajstić information content (AvgIpc) is 2.72. The Hall–Kier alpha value is -1.14. The first kappa shape index (κ1) is 14.3. The summed E-state index contributed by atoms with van der Waals surface area (Å²) in [6.45, 7) is 1.39. The molecule has 19 heavy (non-hydrogen) atoms. The summed E-state index contributed by atoms with van der Waals surface area (Å²) in [5.41, 5.74) is 0.481. The molecule has 1 aliphatic heterocycles. The van der Waals surface area contributed by atoms with Crippen LogP contribution in [0.4, 0.5) is 14.9 Å². The molecular weight excluding hydrogens is 315 g/mol. The predicted octanol–water partition coefficient (Wildman–Crippen LogP) is 3.17. The zero-order valence-electron chi connectivity index (χ0n) is 10.6. The molecule has 1 fully saturated rings. The van der Waals surface area contributed by atoms with E-state index in [0.717, 1.165) is 19.4 Å². The van der Waals surface area contributed by atoms with Gasteiger partial charge in [-0.05, 0) is 60.6 Å². The molecule has 1 aliphatic rings. The van der Waals surface area contributed by atoms with E-state index in [9.17, 15) is 14.3 Å². The molecule has 0 bridgehead atoms. The van der Waals surface area contributed by atoms with Crippen LogP contribution >= 0.6 is 15.9 Å². The molecular formula is C13H16BrFN2O2. The van der Waals surface area contributed by atoms with Crippen molar-refractivity contribution in [2.75, 3.05) is 25.0 Å². The SMILES string of the molecule is CN1CCC[C@H]1CN(C(=O)O)c1ccc(F)cc1Br. The number of likely N-dealkylation sites (tertiary alicyclic amines) is 1. The van der Waals surface area contributed by atoms with E-state index < -0.39 is 6.09 Å². The number of rotatable bonds is 3. The van der Waals surface area contributed by atoms with Gasteiger partial charge in [0.25, 0.3) is 0 Å². The minimum atomic E-state index is -1.02. The second-order valence-electron chi connectivity index (χ2n) is 4.77. The van der Waals surface area contributed by atoms with E-state index in [1.54, 1.807) is 0 Å². The summed E-state index contributed by atoms with van der Waals surface area (Å²) in [7, 11) is 2.00. The van der Waals surface area contributed by atoms with Gasteiger partial charge >= 0.3 is 6.09 Å². The third kappa shape index (κ3) is 3.25. The summed E-state index contributed by atoms with van der Waals surface area (Å²) < 4.78 is 13.5. The summed E-state index contributed by atoms with van der Waals surface area (Å²) in [6, 6.07) is 4.26. The Morgan fingerprint density at radius 1 is 1.63 bits per heavy atom. The number of halogens is 2. The minimum Gasteiger partial charge on any atom is -0.465 e. The second kappa shape index (κ2) is 5.88. The maximum absolute atomic E-state index is 13.1. The normalized spacial score (nSPS) is 19.6. The fraction of sp³-hybridized carbons (Fsp3) is 0.462. The molecule has 1 amide bonds. The van der Waals surface area contributed by atoms with E-state index >= 15 is 0 Å². The quantitative estimate of drug-likeness (QED) is 0.925. The number of benzene rings is 1. The summed E-state index contributed by atoms with van der Waals surface area (Å²) in [6.07, 6.45) is 1.05. The van der Waals surface area contributed by atoms with E-state index in [0.29, 0.717) is 16.7 Å². The molecule has 0 aliphatic carbocycles. The van der Waals surface area contributed by atoms with Crippen LogP contribution in [-0.4, -0.2) is 42.3 Å². The van der Waals surface area contributed by atoms with Crippen LogP contribution in [0, 0.1) is 5.82 Å². The van der Waals surface area contributed by atoms with Gasteiger partial charge in [0.2, 0.25) is 0 Å². The Bertz CT molecular complexity index is 484. The zero-order chi connectivity index (χ0) is 14.0. The molecule has 0 radical (unpaired) electrons. The van der Waals surface area contributed by atoms with Gasteiger partial charge in [-0.25, -0.2) is 9.18 Å². The first-order valence-electron chi connectivity index (χ1n) is 6.15. The Morgan fingerprint density at radius 2 is 2.37 bits per heavy atom. The number of nitrogens with zero attached hydrogens (tertiary/aromatic N) is 2. The van der Waals surface area contributed by atoms with Crippen LogP contribution in [-0.2, 0) is 0 Å². The van der Waals surface area contributed by atoms with Crippen molar-refractivity contribution in [1.82, 2.24) is 4.90 Å². The molecule has 0 aromatic heterocycles. The summed E-state index contributed by atoms with van der Waals surface area (Å²) in [5.74, 6) is -0.390. The second-order valence-corrected chi connectivity index (χ2v) is 5.62. The highest BCUT2D eigenvalue weighted by molar-refractivity contribution is 9.10. The number of amides is 1. The molecule has 1 aromatic rings. The van der Waals surface area contributed by atoms with Crippen LogP contribution in [0.15, 0.2) is 22.7 Å². The van der Waals surface area contributed by atoms with Crippen molar-refractivity contribution in [2.45, 2.75) is 18.9 Å². The fourth-order valence-electron chi connectivity index (χ4n) is 2.40. The van der Waals surface area contributed by atoms with E-state index in [1.165, 1.54) is 23.1 Å². The van der Waals surface area contributed by atoms with E-state index in [2.05, 4.69) is 20.8 Å². The topological polar surface area (TPSA) is 43.8 Å². The molecule has 1 atom stereocenters. The van der Waals surface area contributed by atoms with Gasteiger partial charge in [0, 0.05) is 17.1 Å². The maximum atomic E-state index is 13.1. The largest absolute Gasteiger partial charge is 0.465 e. The highest BCUT2D eigenvalue weighted by Crippen LogP contribution is 2.28. The molecule has 0 saturated carbocycles. The molecule has 1 aromatic carbocycles. The lowest BCUT2D eigenvalue weighted by molar-refractivity contribution is 0.198. The van der Waals surface area contributed by atoms with Crippen LogP contribution in [0.3, 0.4) is 0 Å². The highest BCUT2D eigenvalue weighted by Gasteiger charge is 2.27. The van der Waals surface area contributed by atoms with E-state index in [-0.39, 0.29) is 11.9 Å². The number of carboxylic acid groups (broad SMARTS) is 1. The van der Waals surface area contributed by atoms with Gasteiger partial charge in [0.1, 0.15) is 5.82 Å². The van der Waals surface area contributed by atoms with Crippen molar-refractivity contribution in [3.05, 3.63) is 28.5 Å². The molecule has 2 rings (SSSR count). The van der Waals surface area contributed by atoms with Crippen LogP contribution in [0.2, 0.25) is 0 Å². The standard InChI is InChI=1S/C13H16BrFN2O2/c1-16-6-2-3-10(16)8-17(13(18)19)12-5-4-9(15)7-11(12)14/h4-5,7,10H,2-3,6,8H2,1H3,(H,18,19)/t10-/m0/s1. The van der Waals surface area contributed by atoms with Crippen molar-refractivity contribution in [3.8, 4) is 0 Å². The minimum absolute atomic E-state index is 0.216. The predicted molar refractivity (Wildman–Crippen MR) is 75.1 cm³/mol. The van der Waals surface area contributed by atoms with Gasteiger partial charge in [0.15, 0.2) is 0 Å². The number of anilines is 1. The van der Waals surface area contributed by atoms with Crippen molar-refractivity contribution < 1.29 is 14.3 Å². The van der Waals surface area contributed by atoms with Gasteiger partial charge in [-0.2, -0.15) is 0 Å². The number of likely N-dealkylation sites (N-methyl/N-ethyl adjacent to an activating group) is 1. The molecule has 6 heteroatoms. The Labute approximate surface area is 119 Å². The third-order valence-electron chi connectivity index (χ3n) is 3.50. The molecule has 104 valence electrons. The molecule has 1 saturated heterocycles. The first-order valence-corrected chi connectivity index (χ1v) is 6.94. The van der Waals surface area contributed by atoms with Crippen molar-refractivity contribution in [2.24, 2.45) is 0 Å². The van der Waals surface area contributed by atoms with E-state index in [1.807, 2.05) is 7.05 Å². The van der Waals surface area contributed by atoms with Crippen LogP contribution in [0.25, 0.3) is 0 Å². The van der Waals surface area contributed by atoms with Gasteiger partial charge in [-0.3, -0.25) is 4.90 Å². The lowest BCUT2D eigenvalue weighted by Gasteiger charge is -2.27. The van der Waals surface area contributed by atoms with Crippen LogP contribution < -0.4 is 4.90 Å². The Balaban J connectivity index is 2.22. The lowest BCUT2D eigenvalue weighted by Crippen LogP contribution is -2.41. The van der Waals surface area contributed by atoms with Crippen molar-refractivity contribution in [3.63, 3.8) is 0 Å². The average molecular weight is 331 g/mol. The first-order chi connectivity index (χ1) is 8.99. The molecule has 1 heterocycles. The Kier molecular flexibility index (Phi) is 4.42. The van der Waals surface area contributed by atoms with Gasteiger partial charge < -0.3 is 10.0 Å². The number of hydrogen-bond donors (Lipinski definition) is 1. The van der Waals surface area contributed by atoms with Gasteiger partial charge in [0.05, 0.1) is 5.69 Å². The molecule has 1 N–H and O–H groups in total. The smallest absolute Gasteiger partial charge is 0.411 e. The summed E-state index contributed by atoms with van der Waals surface area (Å²) in [5, 5.41) is 9.36. The zero-order valence-corrected chi connectivity index (χ0v) is 12.2. The maximum Gasteiger partial charge on any atom is 0.411 e. The molecule has 0 spiro atoms. The number of carbonyl (C=O) groups is 1. The summed E-state index contributed by atoms with van der Waals surface area (Å²) in [4.78, 5) is 14.9. The van der Waals surface area contributed by atoms with Crippen molar-refractivity contribution >= 4 is 27.7 Å². The Morgan fingerprint density at radius 3 is 2.89 bits per heavy atom. The van der Waals surface area contributed by atoms with Gasteiger partial charge in [-0.1, -0.05) is 0 Å².